The summed E-state index contributed by atoms with van der Waals surface area (Å²) in [6.07, 6.45) is 5.55. The van der Waals surface area contributed by atoms with Crippen molar-refractivity contribution in [2.45, 2.75) is 31.7 Å². The number of aromatic nitrogens is 2. The number of rotatable bonds is 2. The van der Waals surface area contributed by atoms with Gasteiger partial charge >= 0.3 is 11.1 Å². The first-order valence-corrected chi connectivity index (χ1v) is 8.74. The number of fused-ring (bicyclic) bond motifs is 1. The van der Waals surface area contributed by atoms with Crippen LogP contribution in [0.25, 0.3) is 11.0 Å². The summed E-state index contributed by atoms with van der Waals surface area (Å²) in [5, 5.41) is 0. The predicted molar refractivity (Wildman–Crippen MR) is 96.1 cm³/mol. The van der Waals surface area contributed by atoms with Crippen molar-refractivity contribution >= 4 is 16.9 Å². The molecule has 1 aromatic carbocycles. The molecule has 4 rings (SSSR count). The number of nitrogens with zero attached hydrogens (tertiary/aromatic N) is 1. The van der Waals surface area contributed by atoms with E-state index in [-0.39, 0.29) is 11.9 Å². The molecule has 3 aromatic rings. The minimum atomic E-state index is -0.731. The molecule has 26 heavy (non-hydrogen) atoms. The normalized spacial score (nSPS) is 18.0. The average Bonchev–Trinajstić information content (AvgIpc) is 3.06. The van der Waals surface area contributed by atoms with Crippen molar-refractivity contribution in [1.82, 2.24) is 14.9 Å². The topological polar surface area (TPSA) is 99.2 Å². The summed E-state index contributed by atoms with van der Waals surface area (Å²) in [5.41, 5.74) is -0.0413. The van der Waals surface area contributed by atoms with Crippen LogP contribution in [0.1, 0.15) is 47.8 Å². The molecule has 0 saturated carbocycles. The largest absolute Gasteiger partial charge is 0.467 e. The summed E-state index contributed by atoms with van der Waals surface area (Å²) >= 11 is 0. The van der Waals surface area contributed by atoms with Crippen LogP contribution in [0.5, 0.6) is 0 Å². The number of benzene rings is 1. The number of nitrogens with one attached hydrogen (secondary N) is 2. The molecule has 0 bridgehead atoms. The van der Waals surface area contributed by atoms with Crippen LogP contribution in [0, 0.1) is 0 Å². The second kappa shape index (κ2) is 6.67. The van der Waals surface area contributed by atoms with Crippen molar-refractivity contribution < 1.29 is 9.21 Å². The number of amides is 1. The highest BCUT2D eigenvalue weighted by molar-refractivity contribution is 5.97. The summed E-state index contributed by atoms with van der Waals surface area (Å²) in [6.45, 7) is 0.657. The Labute approximate surface area is 148 Å². The number of likely N-dealkylation sites (tertiary alicyclic amines) is 1. The Balaban J connectivity index is 1.72. The van der Waals surface area contributed by atoms with Crippen molar-refractivity contribution in [1.29, 1.82) is 0 Å². The molecule has 1 fully saturated rings. The second-order valence-electron chi connectivity index (χ2n) is 6.55. The fourth-order valence-electron chi connectivity index (χ4n) is 3.54. The average molecular weight is 353 g/mol. The fraction of sp³-hybridized carbons (Fsp3) is 0.316. The molecule has 7 heteroatoms. The van der Waals surface area contributed by atoms with Gasteiger partial charge < -0.3 is 19.3 Å². The first-order valence-electron chi connectivity index (χ1n) is 8.74. The molecule has 0 aliphatic carbocycles. The Bertz CT molecular complexity index is 1050. The third-order valence-electron chi connectivity index (χ3n) is 4.85. The van der Waals surface area contributed by atoms with Crippen LogP contribution < -0.4 is 11.1 Å². The van der Waals surface area contributed by atoms with E-state index >= 15 is 0 Å². The highest BCUT2D eigenvalue weighted by Gasteiger charge is 2.29. The molecule has 1 amide bonds. The zero-order valence-corrected chi connectivity index (χ0v) is 14.2. The van der Waals surface area contributed by atoms with Crippen molar-refractivity contribution in [2.24, 2.45) is 0 Å². The second-order valence-corrected chi connectivity index (χ2v) is 6.55. The minimum Gasteiger partial charge on any atom is -0.467 e. The summed E-state index contributed by atoms with van der Waals surface area (Å²) in [4.78, 5) is 43.0. The van der Waals surface area contributed by atoms with Gasteiger partial charge in [0, 0.05) is 12.1 Å². The lowest BCUT2D eigenvalue weighted by Crippen LogP contribution is -2.35. The lowest BCUT2D eigenvalue weighted by atomic mass is 10.1. The van der Waals surface area contributed by atoms with Crippen LogP contribution in [-0.4, -0.2) is 27.3 Å². The first-order chi connectivity index (χ1) is 12.6. The molecule has 1 aliphatic rings. The number of hydrogen-bond acceptors (Lipinski definition) is 4. The highest BCUT2D eigenvalue weighted by atomic mass is 16.3. The Hall–Kier alpha value is -3.09. The summed E-state index contributed by atoms with van der Waals surface area (Å²) in [7, 11) is 0. The molecule has 2 aromatic heterocycles. The quantitative estimate of drug-likeness (QED) is 0.692. The molecule has 1 saturated heterocycles. The molecule has 134 valence electrons. The van der Waals surface area contributed by atoms with E-state index in [1.165, 1.54) is 0 Å². The van der Waals surface area contributed by atoms with E-state index in [1.807, 2.05) is 17.0 Å². The number of carbonyl (C=O) groups is 1. The third-order valence-corrected chi connectivity index (χ3v) is 4.85. The van der Waals surface area contributed by atoms with E-state index in [9.17, 15) is 14.4 Å². The number of hydrogen-bond donors (Lipinski definition) is 2. The molecular formula is C19H19N3O4. The van der Waals surface area contributed by atoms with Crippen LogP contribution in [0.15, 0.2) is 50.6 Å². The maximum Gasteiger partial charge on any atom is 0.314 e. The van der Waals surface area contributed by atoms with Gasteiger partial charge in [0.1, 0.15) is 5.76 Å². The van der Waals surface area contributed by atoms with Crippen molar-refractivity contribution in [2.75, 3.05) is 6.54 Å². The number of carbonyl (C=O) groups excluding carboxylic acids is 1. The van der Waals surface area contributed by atoms with Gasteiger partial charge in [-0.25, -0.2) is 0 Å². The van der Waals surface area contributed by atoms with Gasteiger partial charge in [0.25, 0.3) is 5.91 Å². The SMILES string of the molecule is O=C(c1ccc2[nH]c(=O)c(=O)[nH]c2c1)N1CCCCCC1c1ccco1. The van der Waals surface area contributed by atoms with Crippen LogP contribution >= 0.6 is 0 Å². The highest BCUT2D eigenvalue weighted by Crippen LogP contribution is 2.31. The lowest BCUT2D eigenvalue weighted by Gasteiger charge is -2.28. The molecular weight excluding hydrogens is 334 g/mol. The predicted octanol–water partition coefficient (Wildman–Crippen LogP) is 2.57. The Morgan fingerprint density at radius 1 is 1.04 bits per heavy atom. The lowest BCUT2D eigenvalue weighted by molar-refractivity contribution is 0.0658. The molecule has 1 aliphatic heterocycles. The zero-order valence-electron chi connectivity index (χ0n) is 14.2. The first kappa shape index (κ1) is 16.4. The fourth-order valence-corrected chi connectivity index (χ4v) is 3.54. The molecule has 1 atom stereocenters. The number of furan rings is 1. The standard InChI is InChI=1S/C19H19N3O4/c23-17-18(24)21-14-11-12(7-8-13(14)20-17)19(25)22-9-3-1-2-5-15(22)16-6-4-10-26-16/h4,6-8,10-11,15H,1-3,5,9H2,(H,20,23)(H,21,24). The van der Waals surface area contributed by atoms with Crippen LogP contribution in [0.2, 0.25) is 0 Å². The Morgan fingerprint density at radius 2 is 1.85 bits per heavy atom. The van der Waals surface area contributed by atoms with Crippen molar-refractivity contribution in [3.05, 3.63) is 68.6 Å². The minimum absolute atomic E-state index is 0.0923. The van der Waals surface area contributed by atoms with Crippen molar-refractivity contribution in [3.8, 4) is 0 Å². The maximum absolute atomic E-state index is 13.2. The summed E-state index contributed by atoms with van der Waals surface area (Å²) < 4.78 is 5.56. The Kier molecular flexibility index (Phi) is 4.20. The van der Waals surface area contributed by atoms with E-state index in [1.54, 1.807) is 24.5 Å². The van der Waals surface area contributed by atoms with E-state index in [2.05, 4.69) is 9.97 Å². The molecule has 0 spiro atoms. The number of aromatic amines is 2. The summed E-state index contributed by atoms with van der Waals surface area (Å²) in [5.74, 6) is 0.682. The van der Waals surface area contributed by atoms with Gasteiger partial charge in [0.05, 0.1) is 23.3 Å². The maximum atomic E-state index is 13.2. The third kappa shape index (κ3) is 2.96. The zero-order chi connectivity index (χ0) is 18.1. The van der Waals surface area contributed by atoms with Crippen molar-refractivity contribution in [3.63, 3.8) is 0 Å². The van der Waals surface area contributed by atoms with Gasteiger partial charge in [-0.15, -0.1) is 0 Å². The van der Waals surface area contributed by atoms with Gasteiger partial charge in [-0.1, -0.05) is 12.8 Å². The van der Waals surface area contributed by atoms with E-state index in [0.29, 0.717) is 23.1 Å². The van der Waals surface area contributed by atoms with Gasteiger partial charge in [-0.3, -0.25) is 14.4 Å². The van der Waals surface area contributed by atoms with E-state index in [0.717, 1.165) is 31.4 Å². The molecule has 2 N–H and O–H groups in total. The smallest absolute Gasteiger partial charge is 0.314 e. The molecule has 0 radical (unpaired) electrons. The van der Waals surface area contributed by atoms with E-state index < -0.39 is 11.1 Å². The van der Waals surface area contributed by atoms with Gasteiger partial charge in [0.2, 0.25) is 0 Å². The monoisotopic (exact) mass is 353 g/mol. The molecule has 3 heterocycles. The van der Waals surface area contributed by atoms with Crippen LogP contribution in [0.3, 0.4) is 0 Å². The summed E-state index contributed by atoms with van der Waals surface area (Å²) in [6, 6.07) is 8.56. The van der Waals surface area contributed by atoms with Gasteiger partial charge in [-0.2, -0.15) is 0 Å². The van der Waals surface area contributed by atoms with Crippen LogP contribution in [0.4, 0.5) is 0 Å². The van der Waals surface area contributed by atoms with Crippen LogP contribution in [-0.2, 0) is 0 Å². The van der Waals surface area contributed by atoms with E-state index in [4.69, 9.17) is 4.42 Å². The molecule has 1 unspecified atom stereocenters. The van der Waals surface area contributed by atoms with Gasteiger partial charge in [0.15, 0.2) is 0 Å². The van der Waals surface area contributed by atoms with Gasteiger partial charge in [-0.05, 0) is 43.2 Å². The number of H-pyrrole nitrogens is 2. The Morgan fingerprint density at radius 3 is 2.62 bits per heavy atom. The molecule has 7 nitrogen and oxygen atoms in total.